The fourth-order valence-corrected chi connectivity index (χ4v) is 3.38. The zero-order valence-electron chi connectivity index (χ0n) is 12.5. The third kappa shape index (κ3) is 5.66. The quantitative estimate of drug-likeness (QED) is 0.512. The fourth-order valence-electron chi connectivity index (χ4n) is 1.91. The van der Waals surface area contributed by atoms with Gasteiger partial charge in [0.25, 0.3) is 0 Å². The molecular weight excluding hydrogens is 256 g/mol. The van der Waals surface area contributed by atoms with Crippen LogP contribution in [0.3, 0.4) is 0 Å². The smallest absolute Gasteiger partial charge is 0.222 e. The summed E-state index contributed by atoms with van der Waals surface area (Å²) in [5.74, 6) is 1.63. The molecule has 0 N–H and O–H groups in total. The molecule has 108 valence electrons. The van der Waals surface area contributed by atoms with E-state index in [9.17, 15) is 0 Å². The fraction of sp³-hybridized carbons (Fsp3) is 0.600. The van der Waals surface area contributed by atoms with Crippen molar-refractivity contribution in [2.45, 2.75) is 51.9 Å². The van der Waals surface area contributed by atoms with Gasteiger partial charge < -0.3 is 13.9 Å². The molecule has 0 fully saturated rings. The van der Waals surface area contributed by atoms with Crippen molar-refractivity contribution in [2.24, 2.45) is 0 Å². The van der Waals surface area contributed by atoms with Gasteiger partial charge in [-0.15, -0.1) is 0 Å². The van der Waals surface area contributed by atoms with Gasteiger partial charge >= 0.3 is 0 Å². The topological polar surface area (TPSA) is 27.7 Å². The normalized spacial score (nSPS) is 14.5. The van der Waals surface area contributed by atoms with E-state index in [2.05, 4.69) is 13.8 Å². The summed E-state index contributed by atoms with van der Waals surface area (Å²) in [6.07, 6.45) is 3.44. The Kier molecular flexibility index (Phi) is 7.59. The molecule has 1 aromatic carbocycles. The first-order chi connectivity index (χ1) is 9.21. The van der Waals surface area contributed by atoms with Gasteiger partial charge in [0.1, 0.15) is 5.75 Å². The van der Waals surface area contributed by atoms with Gasteiger partial charge in [0.15, 0.2) is 12.0 Å². The van der Waals surface area contributed by atoms with Gasteiger partial charge in [0.2, 0.25) is 9.76 Å². The lowest BCUT2D eigenvalue weighted by Crippen LogP contribution is -2.16. The van der Waals surface area contributed by atoms with E-state index in [-0.39, 0.29) is 6.29 Å². The van der Waals surface area contributed by atoms with Crippen LogP contribution in [0.5, 0.6) is 11.5 Å². The molecular formula is C15H26O3Si. The van der Waals surface area contributed by atoms with Gasteiger partial charge in [-0.25, -0.2) is 0 Å². The molecule has 0 aliphatic heterocycles. The average molecular weight is 282 g/mol. The summed E-state index contributed by atoms with van der Waals surface area (Å²) in [6, 6.07) is 7.84. The highest BCUT2D eigenvalue weighted by molar-refractivity contribution is 6.30. The Labute approximate surface area is 119 Å². The lowest BCUT2D eigenvalue weighted by Gasteiger charge is -2.19. The summed E-state index contributed by atoms with van der Waals surface area (Å²) in [7, 11) is 1.07. The maximum Gasteiger partial charge on any atom is 0.222 e. The second-order valence-corrected chi connectivity index (χ2v) is 6.52. The van der Waals surface area contributed by atoms with Crippen molar-refractivity contribution in [3.8, 4) is 11.5 Å². The third-order valence-electron chi connectivity index (χ3n) is 3.22. The van der Waals surface area contributed by atoms with Crippen LogP contribution < -0.4 is 9.16 Å². The highest BCUT2D eigenvalue weighted by Gasteiger charge is 2.11. The van der Waals surface area contributed by atoms with Crippen LogP contribution in [-0.2, 0) is 4.74 Å². The average Bonchev–Trinajstić information content (AvgIpc) is 2.44. The Bertz CT molecular complexity index is 357. The molecule has 4 heteroatoms. The zero-order chi connectivity index (χ0) is 14.1. The van der Waals surface area contributed by atoms with Crippen molar-refractivity contribution in [1.29, 1.82) is 0 Å². The third-order valence-corrected chi connectivity index (χ3v) is 5.16. The summed E-state index contributed by atoms with van der Waals surface area (Å²) in [6.45, 7) is 6.35. The second-order valence-electron chi connectivity index (χ2n) is 4.74. The van der Waals surface area contributed by atoms with Gasteiger partial charge in [-0.2, -0.15) is 0 Å². The number of ether oxygens (including phenoxy) is 2. The molecule has 0 amide bonds. The Morgan fingerprint density at radius 1 is 1.16 bits per heavy atom. The van der Waals surface area contributed by atoms with Crippen LogP contribution >= 0.6 is 0 Å². The summed E-state index contributed by atoms with van der Waals surface area (Å²) >= 11 is 0. The highest BCUT2D eigenvalue weighted by atomic mass is 28.2. The molecule has 0 aliphatic carbocycles. The minimum atomic E-state index is -0.566. The minimum Gasteiger partial charge on any atom is -0.547 e. The molecule has 0 bridgehead atoms. The maximum atomic E-state index is 6.05. The standard InChI is InChI=1S/C15H26O3Si/c1-5-9-13(6-2)19-18-15-11-8-7-10-14(15)17-12(3)16-4/h7-8,10-13H,5-6,9,19H2,1-4H3. The van der Waals surface area contributed by atoms with E-state index >= 15 is 0 Å². The molecule has 0 spiro atoms. The first kappa shape index (κ1) is 16.1. The van der Waals surface area contributed by atoms with Gasteiger partial charge in [0, 0.05) is 7.11 Å². The van der Waals surface area contributed by atoms with Crippen molar-refractivity contribution < 1.29 is 13.9 Å². The van der Waals surface area contributed by atoms with E-state index < -0.39 is 9.76 Å². The summed E-state index contributed by atoms with van der Waals surface area (Å²) in [4.78, 5) is 0. The first-order valence-electron chi connectivity index (χ1n) is 7.12. The number of methoxy groups -OCH3 is 1. The molecule has 0 aliphatic rings. The Balaban J connectivity index is 2.61. The number of hydrogen-bond acceptors (Lipinski definition) is 3. The van der Waals surface area contributed by atoms with Gasteiger partial charge in [-0.3, -0.25) is 0 Å². The first-order valence-corrected chi connectivity index (χ1v) is 8.51. The molecule has 0 radical (unpaired) electrons. The van der Waals surface area contributed by atoms with Crippen LogP contribution in [0.25, 0.3) is 0 Å². The summed E-state index contributed by atoms with van der Waals surface area (Å²) < 4.78 is 16.9. The molecule has 0 aromatic heterocycles. The molecule has 0 saturated carbocycles. The molecule has 2 unspecified atom stereocenters. The molecule has 1 aromatic rings. The van der Waals surface area contributed by atoms with Crippen LogP contribution in [0.1, 0.15) is 40.0 Å². The number of rotatable bonds is 9. The van der Waals surface area contributed by atoms with Gasteiger partial charge in [0.05, 0.1) is 0 Å². The van der Waals surface area contributed by atoms with E-state index in [0.29, 0.717) is 0 Å². The van der Waals surface area contributed by atoms with Crippen molar-refractivity contribution in [3.05, 3.63) is 24.3 Å². The van der Waals surface area contributed by atoms with Crippen LogP contribution in [0.4, 0.5) is 0 Å². The van der Waals surface area contributed by atoms with E-state index in [0.717, 1.165) is 17.0 Å². The number of benzene rings is 1. The van der Waals surface area contributed by atoms with Gasteiger partial charge in [-0.05, 0) is 24.6 Å². The van der Waals surface area contributed by atoms with Crippen molar-refractivity contribution in [2.75, 3.05) is 7.11 Å². The maximum absolute atomic E-state index is 6.05. The largest absolute Gasteiger partial charge is 0.547 e. The Morgan fingerprint density at radius 3 is 2.42 bits per heavy atom. The van der Waals surface area contributed by atoms with Crippen LogP contribution in [0, 0.1) is 0 Å². The molecule has 2 atom stereocenters. The van der Waals surface area contributed by atoms with Crippen LogP contribution in [0.2, 0.25) is 5.54 Å². The number of hydrogen-bond donors (Lipinski definition) is 0. The van der Waals surface area contributed by atoms with E-state index in [1.54, 1.807) is 7.11 Å². The van der Waals surface area contributed by atoms with Crippen molar-refractivity contribution >= 4 is 9.76 Å². The van der Waals surface area contributed by atoms with Crippen molar-refractivity contribution in [1.82, 2.24) is 0 Å². The monoisotopic (exact) mass is 282 g/mol. The Hall–Kier alpha value is -1.00. The highest BCUT2D eigenvalue weighted by Crippen LogP contribution is 2.28. The molecule has 0 saturated heterocycles. The molecule has 3 nitrogen and oxygen atoms in total. The SMILES string of the molecule is CCCC(CC)[SiH2]Oc1ccccc1OC(C)OC. The predicted octanol–water partition coefficient (Wildman–Crippen LogP) is 3.52. The minimum absolute atomic E-state index is 0.260. The van der Waals surface area contributed by atoms with Crippen LogP contribution in [-0.4, -0.2) is 23.2 Å². The summed E-state index contributed by atoms with van der Waals surface area (Å²) in [5, 5.41) is 0. The summed E-state index contributed by atoms with van der Waals surface area (Å²) in [5.41, 5.74) is 0.748. The number of para-hydroxylation sites is 2. The van der Waals surface area contributed by atoms with Crippen molar-refractivity contribution in [3.63, 3.8) is 0 Å². The van der Waals surface area contributed by atoms with Crippen LogP contribution in [0.15, 0.2) is 24.3 Å². The van der Waals surface area contributed by atoms with E-state index in [1.165, 1.54) is 19.3 Å². The Morgan fingerprint density at radius 2 is 1.84 bits per heavy atom. The van der Waals surface area contributed by atoms with E-state index in [4.69, 9.17) is 13.9 Å². The second kappa shape index (κ2) is 8.99. The predicted molar refractivity (Wildman–Crippen MR) is 81.7 cm³/mol. The van der Waals surface area contributed by atoms with E-state index in [1.807, 2.05) is 31.2 Å². The lowest BCUT2D eigenvalue weighted by atomic mass is 10.2. The molecule has 19 heavy (non-hydrogen) atoms. The lowest BCUT2D eigenvalue weighted by molar-refractivity contribution is -0.0391. The zero-order valence-corrected chi connectivity index (χ0v) is 13.9. The molecule has 1 rings (SSSR count). The van der Waals surface area contributed by atoms with Gasteiger partial charge in [-0.1, -0.05) is 45.2 Å². The molecule has 0 heterocycles.